The topological polar surface area (TPSA) is 63.1 Å². The maximum absolute atomic E-state index is 11.1. The second-order valence-corrected chi connectivity index (χ2v) is 4.65. The summed E-state index contributed by atoms with van der Waals surface area (Å²) in [6, 6.07) is 0. The molecule has 1 heterocycles. The van der Waals surface area contributed by atoms with Gasteiger partial charge in [-0.3, -0.25) is 4.79 Å². The molecule has 0 bridgehead atoms. The van der Waals surface area contributed by atoms with Crippen LogP contribution in [0.1, 0.15) is 31.4 Å². The predicted molar refractivity (Wildman–Crippen MR) is 56.7 cm³/mol. The molecule has 0 spiro atoms. The molecule has 1 fully saturated rings. The molecule has 2 atom stereocenters. The molecule has 0 radical (unpaired) electrons. The third-order valence-electron chi connectivity index (χ3n) is 3.10. The average Bonchev–Trinajstić information content (AvgIpc) is 2.71. The summed E-state index contributed by atoms with van der Waals surface area (Å²) in [6.45, 7) is 0. The molecule has 0 amide bonds. The Balaban J connectivity index is 2.02. The molecule has 0 aromatic carbocycles. The molecule has 1 saturated carbocycles. The number of carbonyl (C=O) groups is 1. The van der Waals surface area contributed by atoms with Crippen LogP contribution in [0.4, 0.5) is 0 Å². The minimum Gasteiger partial charge on any atom is -0.481 e. The number of aromatic nitrogens is 2. The lowest BCUT2D eigenvalue weighted by Gasteiger charge is -2.27. The maximum Gasteiger partial charge on any atom is 0.306 e. The largest absolute Gasteiger partial charge is 0.481 e. The Hall–Kier alpha value is -0.970. The summed E-state index contributed by atoms with van der Waals surface area (Å²) in [7, 11) is 0. The predicted octanol–water partition coefficient (Wildman–Crippen LogP) is 1.97. The number of hydrogen-bond donors (Lipinski definition) is 1. The molecule has 1 aliphatic rings. The third kappa shape index (κ3) is 2.53. The fraction of sp³-hybridized carbons (Fsp3) is 0.700. The zero-order valence-corrected chi connectivity index (χ0v) is 9.24. The first-order valence-electron chi connectivity index (χ1n) is 5.26. The second kappa shape index (κ2) is 4.70. The van der Waals surface area contributed by atoms with Gasteiger partial charge in [-0.25, -0.2) is 0 Å². The number of aliphatic carboxylic acids is 1. The van der Waals surface area contributed by atoms with Crippen molar-refractivity contribution in [2.24, 2.45) is 11.8 Å². The summed E-state index contributed by atoms with van der Waals surface area (Å²) in [5.74, 6) is -0.580. The maximum atomic E-state index is 11.1. The average molecular weight is 226 g/mol. The molecule has 1 aliphatic carbocycles. The summed E-state index contributed by atoms with van der Waals surface area (Å²) in [4.78, 5) is 11.1. The number of rotatable bonds is 3. The van der Waals surface area contributed by atoms with Gasteiger partial charge in [-0.2, -0.15) is 8.75 Å². The Morgan fingerprint density at radius 3 is 3.00 bits per heavy atom. The minimum absolute atomic E-state index is 0.180. The molecule has 1 aromatic heterocycles. The molecule has 1 aromatic rings. The van der Waals surface area contributed by atoms with E-state index in [2.05, 4.69) is 8.75 Å². The van der Waals surface area contributed by atoms with E-state index in [0.29, 0.717) is 0 Å². The van der Waals surface area contributed by atoms with Gasteiger partial charge in [0.15, 0.2) is 0 Å². The number of hydrogen-bond acceptors (Lipinski definition) is 4. The molecule has 4 nitrogen and oxygen atoms in total. The molecule has 2 rings (SSSR count). The van der Waals surface area contributed by atoms with Crippen LogP contribution in [0.15, 0.2) is 6.20 Å². The van der Waals surface area contributed by atoms with Gasteiger partial charge in [0.05, 0.1) is 29.5 Å². The lowest BCUT2D eigenvalue weighted by Crippen LogP contribution is -2.28. The van der Waals surface area contributed by atoms with Gasteiger partial charge in [-0.05, 0) is 25.2 Å². The summed E-state index contributed by atoms with van der Waals surface area (Å²) < 4.78 is 8.08. The highest BCUT2D eigenvalue weighted by Gasteiger charge is 2.31. The molecule has 15 heavy (non-hydrogen) atoms. The van der Waals surface area contributed by atoms with E-state index in [9.17, 15) is 4.79 Å². The van der Waals surface area contributed by atoms with Crippen LogP contribution in [-0.2, 0) is 11.2 Å². The van der Waals surface area contributed by atoms with E-state index in [1.165, 1.54) is 11.7 Å². The summed E-state index contributed by atoms with van der Waals surface area (Å²) in [6.07, 6.45) is 6.53. The first kappa shape index (κ1) is 10.5. The van der Waals surface area contributed by atoms with Crippen LogP contribution in [-0.4, -0.2) is 19.8 Å². The van der Waals surface area contributed by atoms with E-state index in [1.807, 2.05) is 0 Å². The Bertz CT molecular complexity index is 326. The molecule has 2 unspecified atom stereocenters. The van der Waals surface area contributed by atoms with Crippen molar-refractivity contribution in [3.63, 3.8) is 0 Å². The van der Waals surface area contributed by atoms with E-state index in [1.54, 1.807) is 6.20 Å². The van der Waals surface area contributed by atoms with E-state index in [-0.39, 0.29) is 11.8 Å². The SMILES string of the molecule is O=C(O)C1CCCCC1Cc1cnsn1. The minimum atomic E-state index is -0.650. The number of nitrogens with zero attached hydrogens (tertiary/aromatic N) is 2. The first-order chi connectivity index (χ1) is 7.27. The smallest absolute Gasteiger partial charge is 0.306 e. The van der Waals surface area contributed by atoms with Crippen LogP contribution >= 0.6 is 11.7 Å². The van der Waals surface area contributed by atoms with Gasteiger partial charge >= 0.3 is 5.97 Å². The van der Waals surface area contributed by atoms with Gasteiger partial charge < -0.3 is 5.11 Å². The van der Waals surface area contributed by atoms with Crippen LogP contribution in [0.3, 0.4) is 0 Å². The fourth-order valence-electron chi connectivity index (χ4n) is 2.32. The van der Waals surface area contributed by atoms with Crippen LogP contribution < -0.4 is 0 Å². The van der Waals surface area contributed by atoms with E-state index in [4.69, 9.17) is 5.11 Å². The van der Waals surface area contributed by atoms with Gasteiger partial charge in [0.25, 0.3) is 0 Å². The Morgan fingerprint density at radius 2 is 2.33 bits per heavy atom. The zero-order chi connectivity index (χ0) is 10.7. The van der Waals surface area contributed by atoms with Crippen LogP contribution in [0.5, 0.6) is 0 Å². The Labute approximate surface area is 92.7 Å². The van der Waals surface area contributed by atoms with Gasteiger partial charge in [0, 0.05) is 0 Å². The molecular weight excluding hydrogens is 212 g/mol. The molecule has 0 saturated heterocycles. The van der Waals surface area contributed by atoms with Crippen molar-refractivity contribution < 1.29 is 9.90 Å². The molecule has 82 valence electrons. The Kier molecular flexibility index (Phi) is 3.30. The van der Waals surface area contributed by atoms with E-state index >= 15 is 0 Å². The van der Waals surface area contributed by atoms with Gasteiger partial charge in [0.2, 0.25) is 0 Å². The van der Waals surface area contributed by atoms with Crippen molar-refractivity contribution in [2.45, 2.75) is 32.1 Å². The highest BCUT2D eigenvalue weighted by molar-refractivity contribution is 6.99. The monoisotopic (exact) mass is 226 g/mol. The van der Waals surface area contributed by atoms with Gasteiger partial charge in [0.1, 0.15) is 0 Å². The van der Waals surface area contributed by atoms with Crippen molar-refractivity contribution in [2.75, 3.05) is 0 Å². The molecule has 0 aliphatic heterocycles. The normalized spacial score (nSPS) is 26.4. The zero-order valence-electron chi connectivity index (χ0n) is 8.43. The van der Waals surface area contributed by atoms with Crippen molar-refractivity contribution in [3.05, 3.63) is 11.9 Å². The third-order valence-corrected chi connectivity index (χ3v) is 3.62. The van der Waals surface area contributed by atoms with Crippen molar-refractivity contribution >= 4 is 17.7 Å². The van der Waals surface area contributed by atoms with Crippen LogP contribution in [0, 0.1) is 11.8 Å². The summed E-state index contributed by atoms with van der Waals surface area (Å²) in [5.41, 5.74) is 0.943. The summed E-state index contributed by atoms with van der Waals surface area (Å²) >= 11 is 1.19. The second-order valence-electron chi connectivity index (χ2n) is 4.09. The van der Waals surface area contributed by atoms with Crippen molar-refractivity contribution in [1.29, 1.82) is 0 Å². The first-order valence-corrected chi connectivity index (χ1v) is 5.99. The van der Waals surface area contributed by atoms with Crippen LogP contribution in [0.2, 0.25) is 0 Å². The lowest BCUT2D eigenvalue weighted by molar-refractivity contribution is -0.144. The lowest BCUT2D eigenvalue weighted by atomic mass is 9.77. The summed E-state index contributed by atoms with van der Waals surface area (Å²) in [5, 5.41) is 9.10. The van der Waals surface area contributed by atoms with Crippen LogP contribution in [0.25, 0.3) is 0 Å². The van der Waals surface area contributed by atoms with E-state index in [0.717, 1.165) is 37.8 Å². The van der Waals surface area contributed by atoms with Gasteiger partial charge in [-0.15, -0.1) is 0 Å². The molecule has 1 N–H and O–H groups in total. The highest BCUT2D eigenvalue weighted by atomic mass is 32.1. The molecular formula is C10H14N2O2S. The van der Waals surface area contributed by atoms with E-state index < -0.39 is 5.97 Å². The quantitative estimate of drug-likeness (QED) is 0.856. The number of carboxylic acid groups (broad SMARTS) is 1. The fourth-order valence-corrected chi connectivity index (χ4v) is 2.76. The molecule has 5 heteroatoms. The van der Waals surface area contributed by atoms with Crippen molar-refractivity contribution in [1.82, 2.24) is 8.75 Å². The Morgan fingerprint density at radius 1 is 1.53 bits per heavy atom. The van der Waals surface area contributed by atoms with Crippen molar-refractivity contribution in [3.8, 4) is 0 Å². The number of carboxylic acids is 1. The standard InChI is InChI=1S/C10H14N2O2S/c13-10(14)9-4-2-1-3-7(9)5-8-6-11-15-12-8/h6-7,9H,1-5H2,(H,13,14). The van der Waals surface area contributed by atoms with Gasteiger partial charge in [-0.1, -0.05) is 12.8 Å². The highest BCUT2D eigenvalue weighted by Crippen LogP contribution is 2.32.